The van der Waals surface area contributed by atoms with Crippen molar-refractivity contribution in [3.8, 4) is 11.1 Å². The Bertz CT molecular complexity index is 676. The molecule has 0 unspecified atom stereocenters. The lowest BCUT2D eigenvalue weighted by atomic mass is 10.2. The number of halogens is 3. The minimum absolute atomic E-state index is 0.282. The molecule has 0 saturated heterocycles. The molecule has 108 valence electrons. The highest BCUT2D eigenvalue weighted by atomic mass is 19.4. The van der Waals surface area contributed by atoms with E-state index in [4.69, 9.17) is 0 Å². The molecule has 0 aromatic heterocycles. The van der Waals surface area contributed by atoms with Crippen molar-refractivity contribution in [2.75, 3.05) is 12.0 Å². The first-order valence-corrected chi connectivity index (χ1v) is 6.34. The normalized spacial score (nSPS) is 15.2. The molecular formula is C15H12F3N3. The molecule has 0 aromatic rings. The molecule has 0 atom stereocenters. The van der Waals surface area contributed by atoms with Gasteiger partial charge >= 0.3 is 6.18 Å². The van der Waals surface area contributed by atoms with Crippen LogP contribution in [-0.4, -0.2) is 24.1 Å². The first kappa shape index (κ1) is 13.5. The Morgan fingerprint density at radius 2 is 1.76 bits per heavy atom. The predicted molar refractivity (Wildman–Crippen MR) is 76.0 cm³/mol. The van der Waals surface area contributed by atoms with Crippen LogP contribution in [0.1, 0.15) is 0 Å². The second-order valence-electron chi connectivity index (χ2n) is 4.72. The highest BCUT2D eigenvalue weighted by Crippen LogP contribution is 2.28. The van der Waals surface area contributed by atoms with Gasteiger partial charge in [-0.15, -0.1) is 0 Å². The number of alkyl halides is 3. The van der Waals surface area contributed by atoms with Crippen LogP contribution in [0.5, 0.6) is 0 Å². The average Bonchev–Trinajstić information content (AvgIpc) is 2.77. The molecular weight excluding hydrogens is 279 g/mol. The molecule has 21 heavy (non-hydrogen) atoms. The molecule has 3 nitrogen and oxygen atoms in total. The Morgan fingerprint density at radius 1 is 1.05 bits per heavy atom. The third kappa shape index (κ3) is 2.99. The van der Waals surface area contributed by atoms with Crippen LogP contribution < -0.4 is 5.43 Å². The van der Waals surface area contributed by atoms with Gasteiger partial charge in [-0.1, -0.05) is 30.3 Å². The van der Waals surface area contributed by atoms with Crippen molar-refractivity contribution in [2.24, 2.45) is 4.99 Å². The number of fused-ring (bicyclic) bond motifs is 1. The molecule has 2 aliphatic carbocycles. The number of hydrazine groups is 1. The zero-order valence-electron chi connectivity index (χ0n) is 10.9. The first-order chi connectivity index (χ1) is 10.0. The molecule has 0 fully saturated rings. The number of aliphatic imine (C=N–C) groups is 1. The Balaban J connectivity index is 1.78. The van der Waals surface area contributed by atoms with Gasteiger partial charge in [0.1, 0.15) is 6.34 Å². The summed E-state index contributed by atoms with van der Waals surface area (Å²) < 4.78 is 38.1. The summed E-state index contributed by atoms with van der Waals surface area (Å²) in [6.07, 6.45) is -2.18. The van der Waals surface area contributed by atoms with Crippen LogP contribution in [0.3, 0.4) is 0 Å². The molecule has 0 radical (unpaired) electrons. The predicted octanol–water partition coefficient (Wildman–Crippen LogP) is 3.91. The molecule has 0 spiro atoms. The lowest BCUT2D eigenvalue weighted by molar-refractivity contribution is -0.0946. The van der Waals surface area contributed by atoms with Gasteiger partial charge in [0, 0.05) is 6.20 Å². The van der Waals surface area contributed by atoms with Gasteiger partial charge in [0.15, 0.2) is 0 Å². The van der Waals surface area contributed by atoms with Crippen molar-refractivity contribution in [2.45, 2.75) is 6.18 Å². The third-order valence-electron chi connectivity index (χ3n) is 3.16. The van der Waals surface area contributed by atoms with Crippen molar-refractivity contribution >= 4 is 12.0 Å². The summed E-state index contributed by atoms with van der Waals surface area (Å²) in [4.78, 5) is 3.63. The zero-order valence-corrected chi connectivity index (χ0v) is 10.9. The third-order valence-corrected chi connectivity index (χ3v) is 3.16. The summed E-state index contributed by atoms with van der Waals surface area (Å²) in [5, 5.41) is 1.31. The van der Waals surface area contributed by atoms with E-state index in [1.165, 1.54) is 11.3 Å². The molecule has 0 aromatic carbocycles. The van der Waals surface area contributed by atoms with Gasteiger partial charge in [0.25, 0.3) is 0 Å². The second-order valence-corrected chi connectivity index (χ2v) is 4.72. The van der Waals surface area contributed by atoms with Crippen LogP contribution in [0.4, 0.5) is 18.9 Å². The fourth-order valence-electron chi connectivity index (χ4n) is 2.14. The van der Waals surface area contributed by atoms with Crippen LogP contribution in [0.15, 0.2) is 59.2 Å². The van der Waals surface area contributed by atoms with Gasteiger partial charge in [-0.3, -0.25) is 10.4 Å². The van der Waals surface area contributed by atoms with Gasteiger partial charge in [-0.2, -0.15) is 13.2 Å². The summed E-state index contributed by atoms with van der Waals surface area (Å²) in [6.45, 7) is -0.282. The summed E-state index contributed by atoms with van der Waals surface area (Å²) in [7, 11) is 0. The molecule has 1 N–H and O–H groups in total. The smallest absolute Gasteiger partial charge is 0.297 e. The van der Waals surface area contributed by atoms with E-state index in [1.807, 2.05) is 36.4 Å². The summed E-state index contributed by atoms with van der Waals surface area (Å²) in [5.41, 5.74) is 5.04. The SMILES string of the molecule is FC(F)(F)C1=CN=CN(Nc2cccc3cccc-3c2)C1. The van der Waals surface area contributed by atoms with E-state index in [0.717, 1.165) is 17.3 Å². The first-order valence-electron chi connectivity index (χ1n) is 6.34. The van der Waals surface area contributed by atoms with Gasteiger partial charge in [0.2, 0.25) is 0 Å². The van der Waals surface area contributed by atoms with E-state index < -0.39 is 11.7 Å². The average molecular weight is 291 g/mol. The maximum atomic E-state index is 12.7. The van der Waals surface area contributed by atoms with Gasteiger partial charge < -0.3 is 0 Å². The van der Waals surface area contributed by atoms with E-state index in [2.05, 4.69) is 10.4 Å². The van der Waals surface area contributed by atoms with Crippen molar-refractivity contribution in [3.05, 3.63) is 54.2 Å². The number of nitrogens with one attached hydrogen (secondary N) is 1. The van der Waals surface area contributed by atoms with Crippen molar-refractivity contribution in [1.29, 1.82) is 0 Å². The molecule has 0 amide bonds. The molecule has 3 rings (SSSR count). The molecule has 6 heteroatoms. The van der Waals surface area contributed by atoms with Crippen LogP contribution in [0.2, 0.25) is 0 Å². The maximum absolute atomic E-state index is 12.7. The Morgan fingerprint density at radius 3 is 2.52 bits per heavy atom. The highest BCUT2D eigenvalue weighted by Gasteiger charge is 2.35. The van der Waals surface area contributed by atoms with Crippen LogP contribution in [0, 0.1) is 0 Å². The summed E-state index contributed by atoms with van der Waals surface area (Å²) in [5.74, 6) is 0. The van der Waals surface area contributed by atoms with E-state index in [9.17, 15) is 13.2 Å². The maximum Gasteiger partial charge on any atom is 0.415 e. The standard InChI is InChI=1S/C15H12F3N3/c16-15(17,18)13-8-19-10-21(9-13)20-14-6-2-4-11-3-1-5-12(11)7-14/h1-8,10,20H,9H2. The number of hydrogen-bond acceptors (Lipinski definition) is 3. The highest BCUT2D eigenvalue weighted by molar-refractivity contribution is 5.71. The molecule has 0 saturated carbocycles. The largest absolute Gasteiger partial charge is 0.415 e. The van der Waals surface area contributed by atoms with Crippen molar-refractivity contribution in [3.63, 3.8) is 0 Å². The lowest BCUT2D eigenvalue weighted by Gasteiger charge is -2.25. The van der Waals surface area contributed by atoms with Crippen LogP contribution in [0.25, 0.3) is 11.1 Å². The fraction of sp³-hybridized carbons (Fsp3) is 0.133. The molecule has 1 heterocycles. The topological polar surface area (TPSA) is 27.6 Å². The monoisotopic (exact) mass is 291 g/mol. The van der Waals surface area contributed by atoms with E-state index >= 15 is 0 Å². The zero-order chi connectivity index (χ0) is 14.9. The van der Waals surface area contributed by atoms with Crippen LogP contribution in [-0.2, 0) is 0 Å². The minimum Gasteiger partial charge on any atom is -0.297 e. The van der Waals surface area contributed by atoms with E-state index in [1.54, 1.807) is 6.07 Å². The van der Waals surface area contributed by atoms with Gasteiger partial charge in [-0.25, -0.2) is 4.99 Å². The fourth-order valence-corrected chi connectivity index (χ4v) is 2.14. The van der Waals surface area contributed by atoms with Crippen LogP contribution >= 0.6 is 0 Å². The molecule has 0 bridgehead atoms. The minimum atomic E-state index is -4.36. The van der Waals surface area contributed by atoms with E-state index in [0.29, 0.717) is 5.69 Å². The summed E-state index contributed by atoms with van der Waals surface area (Å²) in [6, 6.07) is 13.4. The Hall–Kier alpha value is -2.50. The van der Waals surface area contributed by atoms with Crippen molar-refractivity contribution < 1.29 is 13.2 Å². The molecule has 3 aliphatic rings. The number of nitrogens with zero attached hydrogens (tertiary/aromatic N) is 2. The Kier molecular flexibility index (Phi) is 3.29. The number of hydrogen-bond donors (Lipinski definition) is 1. The lowest BCUT2D eigenvalue weighted by Crippen LogP contribution is -2.35. The second kappa shape index (κ2) is 5.12. The number of rotatable bonds is 2. The molecule has 1 aliphatic heterocycles. The quantitative estimate of drug-likeness (QED) is 0.908. The van der Waals surface area contributed by atoms with Gasteiger partial charge in [0.05, 0.1) is 17.8 Å². The Labute approximate surface area is 119 Å². The summed E-state index contributed by atoms with van der Waals surface area (Å²) >= 11 is 0. The van der Waals surface area contributed by atoms with Gasteiger partial charge in [-0.05, 0) is 23.3 Å². The number of anilines is 1. The van der Waals surface area contributed by atoms with Crippen molar-refractivity contribution in [1.82, 2.24) is 5.01 Å². The van der Waals surface area contributed by atoms with E-state index in [-0.39, 0.29) is 6.54 Å².